The van der Waals surface area contributed by atoms with Crippen LogP contribution in [0, 0.1) is 34.6 Å². The topological polar surface area (TPSA) is 591 Å². The van der Waals surface area contributed by atoms with Crippen LogP contribution in [-0.2, 0) is 92.3 Å². The molecule has 0 aromatic carbocycles. The minimum atomic E-state index is -3.44. The molecule has 10 rings (SSSR count). The van der Waals surface area contributed by atoms with Crippen LogP contribution in [0.4, 0.5) is 0 Å². The van der Waals surface area contributed by atoms with Gasteiger partial charge in [0.05, 0.1) is 75.8 Å². The van der Waals surface area contributed by atoms with Gasteiger partial charge in [0.1, 0.15) is 49.6 Å². The van der Waals surface area contributed by atoms with Gasteiger partial charge in [-0.3, -0.25) is 90.0 Å². The van der Waals surface area contributed by atoms with Crippen molar-refractivity contribution in [3.63, 3.8) is 0 Å². The van der Waals surface area contributed by atoms with E-state index in [2.05, 4.69) is 60.2 Å². The molecular weight excluding hydrogens is 1970 g/mol. The molecule has 0 aliphatic carbocycles. The summed E-state index contributed by atoms with van der Waals surface area (Å²) < 4.78 is 138. The van der Waals surface area contributed by atoms with E-state index in [9.17, 15) is 81.5 Å². The summed E-state index contributed by atoms with van der Waals surface area (Å²) in [6, 6.07) is 0. The average molecular weight is 2090 g/mol. The van der Waals surface area contributed by atoms with E-state index in [4.69, 9.17) is 84.3 Å². The minimum Gasteiger partial charge on any atom is -0.478 e. The van der Waals surface area contributed by atoms with Crippen molar-refractivity contribution in [3.05, 3.63) is 175 Å². The Labute approximate surface area is 722 Å². The number of aliphatic hydroxyl groups is 5. The van der Waals surface area contributed by atoms with Crippen LogP contribution in [0.25, 0.3) is 0 Å². The highest BCUT2D eigenvalue weighted by Gasteiger charge is 2.42. The molecule has 0 unspecified atom stereocenters. The zero-order valence-corrected chi connectivity index (χ0v) is 76.4. The summed E-state index contributed by atoms with van der Waals surface area (Å²) in [7, 11) is -13.4. The summed E-state index contributed by atoms with van der Waals surface area (Å²) in [5.74, 6) is 0. The lowest BCUT2D eigenvalue weighted by molar-refractivity contribution is -0.169. The second-order valence-electron chi connectivity index (χ2n) is 25.3. The summed E-state index contributed by atoms with van der Waals surface area (Å²) in [4.78, 5) is 126. The molecule has 10 heterocycles. The number of hydrogen-bond acceptors (Lipinski definition) is 35. The highest BCUT2D eigenvalue weighted by Crippen LogP contribution is 2.51. The third-order valence-electron chi connectivity index (χ3n) is 16.4. The normalized spacial score (nSPS) is 22.3. The Morgan fingerprint density at radius 1 is 0.400 bits per heavy atom. The van der Waals surface area contributed by atoms with Gasteiger partial charge in [0.25, 0.3) is 27.8 Å². The number of halogens is 3. The Hall–Kier alpha value is -5.00. The van der Waals surface area contributed by atoms with E-state index in [1.165, 1.54) is 53.8 Å². The molecular formula is C68H113BrI2N10O35P4. The second kappa shape index (κ2) is 54.1. The standard InChI is InChI=1S/C14H22IN2O7P.2C14H23N2O8P.C10H14N2O5.C9H10N2O3.C5H13O4P.2CH4.BrI/c1-4-22-25(20,23-5-2)8-21-13-10(15)6-11(24-13)17-7-9(3)12(18)16-14(17)19;2*1-4-22-25(20,23-5-2)8-21-13-10(17)6-11(24-13)16-7-9(3)12(18)15-14(16)19;1-5-3-12(10(16)11-9(5)15)8-2-6(14)7(4-13)17-8;1-6-5-11(7-3-2-4-14-7)9(13)10-8(6)12;1-3-8-10(7,5-6)9-4-2;;;1-2/h7,10-11,13H,4-6,8H2,1-3H3,(H,16,18,19);2*7,10-11,13,17H,4-6,8H2,1-3H3,(H,15,18,19);3,6-8,13-14H,2,4H2,1H3,(H,11,15,16);2,4-5,7H,3H2,1H3,(H,10,12,13);6H,3-5H2,1-2H3;2*1H4;/t2*10-,11+,13-;10-,11-,13+;6-,7+,8+;7-;;;;/m11010..../s1. The minimum absolute atomic E-state index is 0. The quantitative estimate of drug-likeness (QED) is 0.0125. The van der Waals surface area contributed by atoms with Crippen LogP contribution in [0.5, 0.6) is 0 Å². The number of alkyl halides is 1. The smallest absolute Gasteiger partial charge is 0.356 e. The molecule has 5 aliphatic heterocycles. The molecule has 4 fully saturated rings. The van der Waals surface area contributed by atoms with E-state index in [1.807, 2.05) is 26.4 Å². The van der Waals surface area contributed by atoms with Crippen LogP contribution >= 0.6 is 86.0 Å². The van der Waals surface area contributed by atoms with Crippen molar-refractivity contribution >= 4 is 86.0 Å². The lowest BCUT2D eigenvalue weighted by atomic mass is 10.2. The van der Waals surface area contributed by atoms with Crippen molar-refractivity contribution in [2.75, 3.05) is 84.9 Å². The average Bonchev–Trinajstić information content (AvgIpc) is 1.65. The molecule has 0 bridgehead atoms. The number of ether oxygens (including phenoxy) is 8. The van der Waals surface area contributed by atoms with E-state index in [-0.39, 0.29) is 128 Å². The predicted molar refractivity (Wildman–Crippen MR) is 456 cm³/mol. The van der Waals surface area contributed by atoms with Gasteiger partial charge in [0.15, 0.2) is 44.1 Å². The highest BCUT2D eigenvalue weighted by atomic mass is 127. The van der Waals surface area contributed by atoms with Gasteiger partial charge >= 0.3 is 58.8 Å². The first-order valence-corrected chi connectivity index (χ1v) is 49.7. The Bertz CT molecular complexity index is 4520. The van der Waals surface area contributed by atoms with Gasteiger partial charge in [-0.2, -0.15) is 0 Å². The van der Waals surface area contributed by atoms with Crippen molar-refractivity contribution < 1.29 is 118 Å². The third kappa shape index (κ3) is 33.7. The summed E-state index contributed by atoms with van der Waals surface area (Å²) >= 11 is 7.02. The largest absolute Gasteiger partial charge is 0.478 e. The predicted octanol–water partition coefficient (Wildman–Crippen LogP) is 6.49. The van der Waals surface area contributed by atoms with Gasteiger partial charge in [0.2, 0.25) is 0 Å². The van der Waals surface area contributed by atoms with E-state index in [1.54, 1.807) is 96.3 Å². The monoisotopic (exact) mass is 2090 g/mol. The number of nitrogens with zero attached hydrogens (tertiary/aromatic N) is 5. The Balaban J connectivity index is 0.000000495. The van der Waals surface area contributed by atoms with Crippen molar-refractivity contribution in [2.24, 2.45) is 0 Å². The van der Waals surface area contributed by atoms with Crippen LogP contribution < -0.4 is 56.2 Å². The number of aliphatic hydroxyl groups excluding tert-OH is 5. The molecule has 0 spiro atoms. The molecule has 4 saturated heterocycles. The molecule has 5 aliphatic rings. The first-order valence-electron chi connectivity index (χ1n) is 36.7. The molecule has 52 heteroatoms. The van der Waals surface area contributed by atoms with E-state index in [0.717, 1.165) is 0 Å². The van der Waals surface area contributed by atoms with Gasteiger partial charge in [-0.1, -0.05) is 37.4 Å². The molecule has 686 valence electrons. The maximum Gasteiger partial charge on any atom is 0.356 e. The Morgan fingerprint density at radius 2 is 0.650 bits per heavy atom. The van der Waals surface area contributed by atoms with Crippen LogP contribution in [0.1, 0.15) is 161 Å². The van der Waals surface area contributed by atoms with Gasteiger partial charge < -0.3 is 99.6 Å². The summed E-state index contributed by atoms with van der Waals surface area (Å²) in [5, 5.41) is 47.2. The number of hydrogen-bond donors (Lipinski definition) is 10. The Morgan fingerprint density at radius 3 is 0.908 bits per heavy atom. The summed E-state index contributed by atoms with van der Waals surface area (Å²) in [6.45, 7) is 23.0. The SMILES string of the molecule is BrI.C.C.CCOP(=O)(CO)OCC.CCOP(=O)(CO[C@@H]1O[C@H](n2cc(C)c(=O)[nH]c2=O)C[C@@H]1O)OCC.CCOP(=O)(CO[C@@H]1O[C@H](n2cc(C)c(=O)[nH]c2=O)C[C@H]1I)OCC.CCOP(=O)(CO[C@@H]1O[C@H](n2cc(C)c(=O)[nH]c2=O)C[C@H]1O)OCC.Cc1cn([C@@H]2CC=CO2)c(=O)[nH]c1=O.Cc1cn([C@@H]2C[C@@H](O)[C@H](CO)O2)c(=O)[nH]c1=O. The van der Waals surface area contributed by atoms with Crippen molar-refractivity contribution in [3.8, 4) is 0 Å². The number of nitrogens with one attached hydrogen (secondary N) is 5. The molecule has 13 atom stereocenters. The highest BCUT2D eigenvalue weighted by molar-refractivity contribution is 14.2. The van der Waals surface area contributed by atoms with Gasteiger partial charge in [-0.25, -0.2) is 24.0 Å². The fourth-order valence-electron chi connectivity index (χ4n) is 10.9. The number of rotatable bonds is 32. The molecule has 5 aromatic rings. The molecule has 45 nitrogen and oxygen atoms in total. The summed E-state index contributed by atoms with van der Waals surface area (Å²) in [5.41, 5.74) is -3.09. The fraction of sp³-hybridized carbons (Fsp3) is 0.676. The fourth-order valence-corrected chi connectivity index (χ4v) is 16.8. The maximum absolute atomic E-state index is 12.4. The number of aromatic nitrogens is 10. The molecule has 0 saturated carbocycles. The number of aryl methyl sites for hydroxylation is 5. The molecule has 0 amide bonds. The van der Waals surface area contributed by atoms with Crippen LogP contribution in [-0.4, -0.2) is 205 Å². The first-order chi connectivity index (χ1) is 55.8. The summed E-state index contributed by atoms with van der Waals surface area (Å²) in [6.07, 6.45) is 0.749. The maximum atomic E-state index is 12.4. The third-order valence-corrected chi connectivity index (χ3v) is 24.5. The lowest BCUT2D eigenvalue weighted by Gasteiger charge is -2.21. The van der Waals surface area contributed by atoms with E-state index < -0.39 is 156 Å². The molecule has 120 heavy (non-hydrogen) atoms. The van der Waals surface area contributed by atoms with Gasteiger partial charge in [-0.15, -0.1) is 0 Å². The zero-order valence-electron chi connectivity index (χ0n) is 66.9. The van der Waals surface area contributed by atoms with Crippen LogP contribution in [0.3, 0.4) is 0 Å². The number of aromatic amines is 5. The Kier molecular flexibility index (Phi) is 50.1. The van der Waals surface area contributed by atoms with Crippen molar-refractivity contribution in [1.29, 1.82) is 0 Å². The lowest BCUT2D eigenvalue weighted by Crippen LogP contribution is -2.33. The number of H-pyrrole nitrogens is 5. The molecule has 10 N–H and O–H groups in total. The second-order valence-corrected chi connectivity index (χ2v) is 34.9. The van der Waals surface area contributed by atoms with Gasteiger partial charge in [0, 0.05) is 111 Å². The van der Waals surface area contributed by atoms with Gasteiger partial charge in [-0.05, 0) is 109 Å². The van der Waals surface area contributed by atoms with Crippen molar-refractivity contribution in [1.82, 2.24) is 47.8 Å². The van der Waals surface area contributed by atoms with E-state index in [0.29, 0.717) is 40.7 Å². The first kappa shape index (κ1) is 111. The zero-order chi connectivity index (χ0) is 88.6. The molecule has 0 radical (unpaired) electrons. The van der Waals surface area contributed by atoms with Crippen LogP contribution in [0.15, 0.2) is 91.3 Å². The van der Waals surface area contributed by atoms with E-state index >= 15 is 0 Å². The van der Waals surface area contributed by atoms with Crippen molar-refractivity contribution in [2.45, 2.75) is 215 Å². The van der Waals surface area contributed by atoms with Crippen LogP contribution in [0.2, 0.25) is 0 Å². The molecule has 5 aromatic heterocycles.